The number of hydrogen-bond donors (Lipinski definition) is 6. The number of hydrogen-bond acceptors (Lipinski definition) is 13. The SMILES string of the molecule is COC1CN(C2CCOC(C)C2O)CCO1.COc1cccc2c1C(=O)c1c(O)c3c(c(O)c1C2=O)CC(O)(C(N)=O)CC3O. The molecule has 2 aromatic carbocycles. The third-order valence-electron chi connectivity index (χ3n) is 9.02. The van der Waals surface area contributed by atoms with Crippen LogP contribution in [0.25, 0.3) is 0 Å². The molecule has 2 aromatic rings. The van der Waals surface area contributed by atoms with Crippen molar-refractivity contribution in [2.24, 2.45) is 5.73 Å². The van der Waals surface area contributed by atoms with Gasteiger partial charge in [-0.15, -0.1) is 0 Å². The van der Waals surface area contributed by atoms with Crippen molar-refractivity contribution in [2.45, 2.75) is 62.4 Å². The number of carbonyl (C=O) groups excluding carboxylic acids is 3. The first-order valence-corrected chi connectivity index (χ1v) is 14.6. The van der Waals surface area contributed by atoms with Crippen LogP contribution in [0.15, 0.2) is 18.2 Å². The number of aliphatic hydroxyl groups excluding tert-OH is 2. The van der Waals surface area contributed by atoms with Crippen molar-refractivity contribution in [3.63, 3.8) is 0 Å². The van der Waals surface area contributed by atoms with Crippen molar-refractivity contribution in [1.82, 2.24) is 4.90 Å². The van der Waals surface area contributed by atoms with Gasteiger partial charge in [-0.25, -0.2) is 0 Å². The molecule has 0 saturated carbocycles. The normalized spacial score (nSPS) is 29.5. The number of ether oxygens (including phenoxy) is 4. The number of rotatable bonds is 4. The minimum Gasteiger partial charge on any atom is -0.507 e. The second kappa shape index (κ2) is 12.6. The lowest BCUT2D eigenvalue weighted by molar-refractivity contribution is -0.190. The monoisotopic (exact) mass is 630 g/mol. The van der Waals surface area contributed by atoms with Gasteiger partial charge in [0, 0.05) is 62.4 Å². The van der Waals surface area contributed by atoms with E-state index in [1.165, 1.54) is 25.3 Å². The van der Waals surface area contributed by atoms with Gasteiger partial charge in [0.15, 0.2) is 12.1 Å². The number of phenolic OH excluding ortho intramolecular Hbond substituents is 2. The maximum Gasteiger partial charge on any atom is 0.249 e. The molecule has 2 saturated heterocycles. The van der Waals surface area contributed by atoms with E-state index in [1.807, 2.05) is 6.92 Å². The topological polar surface area (TPSA) is 219 Å². The Balaban J connectivity index is 0.000000211. The summed E-state index contributed by atoms with van der Waals surface area (Å²) in [5, 5.41) is 52.5. The van der Waals surface area contributed by atoms with E-state index in [0.29, 0.717) is 6.61 Å². The van der Waals surface area contributed by atoms with Crippen LogP contribution in [0.2, 0.25) is 0 Å². The molecule has 0 aromatic heterocycles. The number of primary amides is 1. The van der Waals surface area contributed by atoms with E-state index in [2.05, 4.69) is 4.90 Å². The third-order valence-corrected chi connectivity index (χ3v) is 9.02. The summed E-state index contributed by atoms with van der Waals surface area (Å²) < 4.78 is 21.2. The number of ketones is 2. The quantitative estimate of drug-likeness (QED) is 0.208. The van der Waals surface area contributed by atoms with Crippen LogP contribution in [0.4, 0.5) is 0 Å². The highest BCUT2D eigenvalue weighted by molar-refractivity contribution is 6.31. The number of methoxy groups -OCH3 is 2. The molecule has 6 atom stereocenters. The fraction of sp³-hybridized carbons (Fsp3) is 0.516. The molecule has 14 heteroatoms. The first-order chi connectivity index (χ1) is 21.3. The molecular weight excluding hydrogens is 592 g/mol. The van der Waals surface area contributed by atoms with E-state index in [0.717, 1.165) is 26.1 Å². The summed E-state index contributed by atoms with van der Waals surface area (Å²) >= 11 is 0. The zero-order chi connectivity index (χ0) is 32.8. The number of carbonyl (C=O) groups is 3. The van der Waals surface area contributed by atoms with Gasteiger partial charge in [-0.05, 0) is 19.4 Å². The molecule has 7 N–H and O–H groups in total. The van der Waals surface area contributed by atoms with Gasteiger partial charge < -0.3 is 50.2 Å². The van der Waals surface area contributed by atoms with Crippen LogP contribution < -0.4 is 10.5 Å². The fourth-order valence-electron chi connectivity index (χ4n) is 6.57. The van der Waals surface area contributed by atoms with Crippen molar-refractivity contribution >= 4 is 17.5 Å². The first-order valence-electron chi connectivity index (χ1n) is 14.6. The standard InChI is InChI=1S/C20H17NO8.C11H21NO4/c1-29-10-4-2-3-7-12(10)18(26)14-13(15(7)23)16(24)8-5-20(28,19(21)27)6-9(22)11(8)17(14)25;1-8-11(13)9(3-5-15-8)12-4-6-16-10(7-12)14-2/h2-4,9,22,24-25,28H,5-6H2,1H3,(H2,21,27);8-11,13H,3-7H2,1-2H3. The van der Waals surface area contributed by atoms with E-state index in [9.17, 15) is 39.9 Å². The highest BCUT2D eigenvalue weighted by Crippen LogP contribution is 2.50. The van der Waals surface area contributed by atoms with Gasteiger partial charge >= 0.3 is 0 Å². The minimum absolute atomic E-state index is 0.0296. The van der Waals surface area contributed by atoms with Crippen LogP contribution in [-0.2, 0) is 25.4 Å². The number of nitrogens with zero attached hydrogens (tertiary/aromatic N) is 1. The molecule has 2 fully saturated rings. The van der Waals surface area contributed by atoms with Crippen LogP contribution in [0.5, 0.6) is 17.2 Å². The Bertz CT molecular complexity index is 1510. The van der Waals surface area contributed by atoms with Gasteiger partial charge in [0.1, 0.15) is 22.8 Å². The lowest BCUT2D eigenvalue weighted by Crippen LogP contribution is -2.57. The number of amides is 1. The molecule has 2 aliphatic carbocycles. The molecule has 45 heavy (non-hydrogen) atoms. The van der Waals surface area contributed by atoms with Crippen molar-refractivity contribution in [1.29, 1.82) is 0 Å². The predicted molar refractivity (Wildman–Crippen MR) is 155 cm³/mol. The van der Waals surface area contributed by atoms with Crippen LogP contribution in [0.1, 0.15) is 68.8 Å². The second-order valence-corrected chi connectivity index (χ2v) is 11.6. The average Bonchev–Trinajstić information content (AvgIpc) is 3.02. The highest BCUT2D eigenvalue weighted by atomic mass is 16.7. The molecule has 6 unspecified atom stereocenters. The van der Waals surface area contributed by atoms with Crippen LogP contribution in [0.3, 0.4) is 0 Å². The van der Waals surface area contributed by atoms with Gasteiger partial charge in [0.25, 0.3) is 0 Å². The molecular formula is C31H38N2O12. The fourth-order valence-corrected chi connectivity index (χ4v) is 6.57. The zero-order valence-electron chi connectivity index (χ0n) is 25.2. The molecule has 2 aliphatic heterocycles. The molecule has 4 aliphatic rings. The van der Waals surface area contributed by atoms with Gasteiger partial charge in [-0.3, -0.25) is 19.3 Å². The lowest BCUT2D eigenvalue weighted by Gasteiger charge is -2.43. The van der Waals surface area contributed by atoms with Crippen molar-refractivity contribution in [3.05, 3.63) is 51.6 Å². The van der Waals surface area contributed by atoms with Crippen LogP contribution in [-0.4, -0.2) is 119 Å². The highest BCUT2D eigenvalue weighted by Gasteiger charge is 2.48. The summed E-state index contributed by atoms with van der Waals surface area (Å²) in [4.78, 5) is 40.1. The lowest BCUT2D eigenvalue weighted by atomic mass is 9.73. The van der Waals surface area contributed by atoms with Crippen molar-refractivity contribution in [3.8, 4) is 17.2 Å². The van der Waals surface area contributed by atoms with E-state index in [1.54, 1.807) is 7.11 Å². The molecule has 2 heterocycles. The Kier molecular flexibility index (Phi) is 9.20. The predicted octanol–water partition coefficient (Wildman–Crippen LogP) is -0.0928. The first kappa shape index (κ1) is 32.8. The summed E-state index contributed by atoms with van der Waals surface area (Å²) in [6.45, 7) is 4.89. The number of nitrogens with two attached hydrogens (primary N) is 1. The van der Waals surface area contributed by atoms with E-state index in [4.69, 9.17) is 24.7 Å². The maximum atomic E-state index is 13.1. The van der Waals surface area contributed by atoms with Crippen molar-refractivity contribution in [2.75, 3.05) is 40.5 Å². The molecule has 244 valence electrons. The van der Waals surface area contributed by atoms with Crippen LogP contribution in [0, 0.1) is 0 Å². The van der Waals surface area contributed by atoms with Gasteiger partial charge in [0.2, 0.25) is 11.7 Å². The van der Waals surface area contributed by atoms with Crippen LogP contribution >= 0.6 is 0 Å². The summed E-state index contributed by atoms with van der Waals surface area (Å²) in [5.41, 5.74) is 1.55. The molecule has 0 spiro atoms. The summed E-state index contributed by atoms with van der Waals surface area (Å²) in [5.74, 6) is -3.90. The van der Waals surface area contributed by atoms with Gasteiger partial charge in [0.05, 0.1) is 48.7 Å². The Morgan fingerprint density at radius 3 is 2.42 bits per heavy atom. The molecule has 6 rings (SSSR count). The van der Waals surface area contributed by atoms with Crippen molar-refractivity contribution < 1.29 is 58.9 Å². The largest absolute Gasteiger partial charge is 0.507 e. The van der Waals surface area contributed by atoms with Gasteiger partial charge in [-0.2, -0.15) is 0 Å². The Morgan fingerprint density at radius 1 is 1.04 bits per heavy atom. The minimum atomic E-state index is -2.19. The van der Waals surface area contributed by atoms with E-state index < -0.39 is 70.8 Å². The van der Waals surface area contributed by atoms with E-state index in [-0.39, 0.29) is 46.4 Å². The summed E-state index contributed by atoms with van der Waals surface area (Å²) in [6, 6.07) is 4.53. The molecule has 0 radical (unpaired) electrons. The zero-order valence-corrected chi connectivity index (χ0v) is 25.2. The Morgan fingerprint density at radius 2 is 1.76 bits per heavy atom. The molecule has 14 nitrogen and oxygen atoms in total. The number of aromatic hydroxyl groups is 2. The molecule has 1 amide bonds. The molecule has 0 bridgehead atoms. The Hall–Kier alpha value is -3.63. The van der Waals surface area contributed by atoms with E-state index >= 15 is 0 Å². The number of phenols is 2. The maximum absolute atomic E-state index is 13.1. The number of fused-ring (bicyclic) bond motifs is 3. The summed E-state index contributed by atoms with van der Waals surface area (Å²) in [6.07, 6.45) is -2.46. The smallest absolute Gasteiger partial charge is 0.249 e. The number of benzene rings is 2. The number of morpholine rings is 1. The average molecular weight is 631 g/mol. The number of aliphatic hydroxyl groups is 3. The van der Waals surface area contributed by atoms with Gasteiger partial charge in [-0.1, -0.05) is 12.1 Å². The summed E-state index contributed by atoms with van der Waals surface area (Å²) in [7, 11) is 2.97. The Labute approximate surface area is 258 Å². The third kappa shape index (κ3) is 5.67. The second-order valence-electron chi connectivity index (χ2n) is 11.6.